The molecule has 32 heavy (non-hydrogen) atoms. The number of aliphatic imine (C=N–C) groups is 1. The molecule has 3 aromatic rings. The molecule has 0 atom stereocenters. The average Bonchev–Trinajstić information content (AvgIpc) is 3.01. The third-order valence-electron chi connectivity index (χ3n) is 5.05. The second-order valence-corrected chi connectivity index (χ2v) is 6.90. The number of nitro groups is 1. The highest BCUT2D eigenvalue weighted by molar-refractivity contribution is 6.15. The van der Waals surface area contributed by atoms with Crippen molar-refractivity contribution in [1.29, 1.82) is 0 Å². The summed E-state index contributed by atoms with van der Waals surface area (Å²) in [6, 6.07) is 10.5. The molecule has 0 aliphatic carbocycles. The zero-order valence-corrected chi connectivity index (χ0v) is 17.4. The number of rotatable bonds is 5. The third-order valence-corrected chi connectivity index (χ3v) is 5.05. The smallest absolute Gasteiger partial charge is 0.389 e. The van der Waals surface area contributed by atoms with Crippen molar-refractivity contribution >= 4 is 23.3 Å². The van der Waals surface area contributed by atoms with Crippen LogP contribution in [0.4, 0.5) is 16.0 Å². The molecule has 0 saturated carbocycles. The lowest BCUT2D eigenvalue weighted by atomic mass is 9.99. The van der Waals surface area contributed by atoms with Crippen molar-refractivity contribution in [2.45, 2.75) is 33.4 Å². The number of fused-ring (bicyclic) bond motifs is 3. The molecule has 0 fully saturated rings. The maximum Gasteiger partial charge on any atom is 0.389 e. The lowest BCUT2D eigenvalue weighted by Gasteiger charge is -2.11. The first-order valence-corrected chi connectivity index (χ1v) is 9.84. The molecule has 4 rings (SSSR count). The van der Waals surface area contributed by atoms with Gasteiger partial charge >= 0.3 is 5.95 Å². The monoisotopic (exact) mass is 440 g/mol. The molecule has 2 aromatic carbocycles. The summed E-state index contributed by atoms with van der Waals surface area (Å²) in [6.45, 7) is 4.30. The fourth-order valence-corrected chi connectivity index (χ4v) is 3.55. The fourth-order valence-electron chi connectivity index (χ4n) is 3.55. The molecule has 1 aliphatic heterocycles. The summed E-state index contributed by atoms with van der Waals surface area (Å²) >= 11 is 0. The standard InChI is InChI=1S/C21H19FN6O3.H2O/c1-3-18(29)24-21-25-26(4-2)19-12-23-20(14-7-5-6-8-16(14)22)15-11-13(28(30)31)9-10-17(15)27(19)21;/h5-11H,3-4,12H2,1-2H3;1H2. The lowest BCUT2D eigenvalue weighted by Crippen LogP contribution is -2.39. The number of aryl methyl sites for hydroxylation is 1. The molecule has 2 heterocycles. The summed E-state index contributed by atoms with van der Waals surface area (Å²) in [5, 5.41) is 18.7. The summed E-state index contributed by atoms with van der Waals surface area (Å²) in [6.07, 6.45) is 0.262. The van der Waals surface area contributed by atoms with Gasteiger partial charge in [-0.05, 0) is 25.1 Å². The van der Waals surface area contributed by atoms with E-state index in [9.17, 15) is 19.3 Å². The Morgan fingerprint density at radius 3 is 2.66 bits per heavy atom. The highest BCUT2D eigenvalue weighted by Crippen LogP contribution is 2.27. The normalized spacial score (nSPS) is 12.0. The summed E-state index contributed by atoms with van der Waals surface area (Å²) in [5.41, 5.74) is 1.30. The van der Waals surface area contributed by atoms with E-state index in [1.54, 1.807) is 40.4 Å². The Kier molecular flexibility index (Phi) is 6.40. The van der Waals surface area contributed by atoms with Crippen molar-refractivity contribution in [3.05, 3.63) is 75.3 Å². The van der Waals surface area contributed by atoms with Gasteiger partial charge in [-0.1, -0.05) is 19.1 Å². The Balaban J connectivity index is 0.00000289. The van der Waals surface area contributed by atoms with Gasteiger partial charge in [0.15, 0.2) is 0 Å². The van der Waals surface area contributed by atoms with Crippen molar-refractivity contribution in [3.8, 4) is 5.69 Å². The first-order chi connectivity index (χ1) is 14.9. The molecule has 0 saturated heterocycles. The van der Waals surface area contributed by atoms with Gasteiger partial charge in [-0.2, -0.15) is 4.57 Å². The van der Waals surface area contributed by atoms with Crippen LogP contribution in [0.3, 0.4) is 0 Å². The number of anilines is 1. The molecule has 1 aliphatic rings. The molecule has 11 heteroatoms. The lowest BCUT2D eigenvalue weighted by molar-refractivity contribution is -0.590. The number of non-ortho nitro benzene ring substituents is 1. The number of benzene rings is 2. The predicted molar refractivity (Wildman–Crippen MR) is 113 cm³/mol. The Labute approximate surface area is 182 Å². The minimum Gasteiger partial charge on any atom is -0.870 e. The average molecular weight is 440 g/mol. The number of carbonyl (C=O) groups is 1. The van der Waals surface area contributed by atoms with Gasteiger partial charge in [0.25, 0.3) is 11.6 Å². The number of hydrogen-bond donors (Lipinski definition) is 1. The van der Waals surface area contributed by atoms with Crippen LogP contribution in [0.5, 0.6) is 0 Å². The number of amides is 1. The van der Waals surface area contributed by atoms with Gasteiger partial charge in [0.1, 0.15) is 18.0 Å². The van der Waals surface area contributed by atoms with E-state index in [1.165, 1.54) is 18.2 Å². The maximum absolute atomic E-state index is 14.7. The van der Waals surface area contributed by atoms with Crippen LogP contribution < -0.4 is 9.88 Å². The molecule has 0 bridgehead atoms. The predicted octanol–water partition coefficient (Wildman–Crippen LogP) is 2.75. The molecule has 166 valence electrons. The van der Waals surface area contributed by atoms with E-state index in [0.717, 1.165) is 0 Å². The minimum absolute atomic E-state index is 0. The molecule has 0 radical (unpaired) electrons. The van der Waals surface area contributed by atoms with Crippen LogP contribution in [-0.4, -0.2) is 31.8 Å². The van der Waals surface area contributed by atoms with Gasteiger partial charge in [-0.3, -0.25) is 19.9 Å². The van der Waals surface area contributed by atoms with Gasteiger partial charge in [0, 0.05) is 34.8 Å². The molecular formula is C21H21FN6O4. The highest BCUT2D eigenvalue weighted by atomic mass is 19.1. The first kappa shape index (κ1) is 22.7. The Hall–Kier alpha value is -3.99. The topological polar surface area (TPSA) is 136 Å². The van der Waals surface area contributed by atoms with E-state index < -0.39 is 10.7 Å². The van der Waals surface area contributed by atoms with Crippen molar-refractivity contribution in [2.24, 2.45) is 4.99 Å². The molecule has 10 nitrogen and oxygen atoms in total. The zero-order chi connectivity index (χ0) is 22.1. The van der Waals surface area contributed by atoms with Gasteiger partial charge in [-0.15, -0.1) is 4.68 Å². The van der Waals surface area contributed by atoms with Gasteiger partial charge in [0.05, 0.1) is 17.2 Å². The Morgan fingerprint density at radius 2 is 2.00 bits per heavy atom. The van der Waals surface area contributed by atoms with Crippen LogP contribution in [-0.2, 0) is 17.9 Å². The number of nitrogens with one attached hydrogen (secondary N) is 1. The van der Waals surface area contributed by atoms with Crippen molar-refractivity contribution in [1.82, 2.24) is 9.78 Å². The quantitative estimate of drug-likeness (QED) is 0.370. The summed E-state index contributed by atoms with van der Waals surface area (Å²) in [7, 11) is 0. The van der Waals surface area contributed by atoms with Crippen molar-refractivity contribution in [3.63, 3.8) is 0 Å². The Morgan fingerprint density at radius 1 is 1.25 bits per heavy atom. The van der Waals surface area contributed by atoms with E-state index >= 15 is 0 Å². The number of aromatic nitrogens is 3. The van der Waals surface area contributed by atoms with Gasteiger partial charge in [0.2, 0.25) is 5.82 Å². The van der Waals surface area contributed by atoms with Gasteiger partial charge in [-0.25, -0.2) is 9.71 Å². The number of halogens is 1. The van der Waals surface area contributed by atoms with E-state index in [4.69, 9.17) is 0 Å². The van der Waals surface area contributed by atoms with Crippen LogP contribution in [0.2, 0.25) is 0 Å². The molecule has 1 aromatic heterocycles. The van der Waals surface area contributed by atoms with Crippen LogP contribution in [0.15, 0.2) is 47.5 Å². The molecule has 0 unspecified atom stereocenters. The van der Waals surface area contributed by atoms with Crippen LogP contribution in [0, 0.1) is 15.9 Å². The fraction of sp³-hybridized carbons (Fsp3) is 0.238. The summed E-state index contributed by atoms with van der Waals surface area (Å²) in [4.78, 5) is 27.6. The molecule has 0 spiro atoms. The SMILES string of the molecule is CCC(=O)Nc1nn(CC)c2[n+]1-c1ccc([N+](=O)[O-])cc1C(c1ccccc1F)=NC2.[OH-]. The van der Waals surface area contributed by atoms with Crippen LogP contribution >= 0.6 is 0 Å². The number of hydrogen-bond acceptors (Lipinski definition) is 6. The van der Waals surface area contributed by atoms with Crippen molar-refractivity contribution in [2.75, 3.05) is 5.32 Å². The Bertz CT molecular complexity index is 1240. The van der Waals surface area contributed by atoms with E-state index in [-0.39, 0.29) is 41.5 Å². The highest BCUT2D eigenvalue weighted by Gasteiger charge is 2.32. The number of nitro benzene ring substituents is 1. The number of carbonyl (C=O) groups excluding carboxylic acids is 1. The number of nitrogens with zero attached hydrogens (tertiary/aromatic N) is 5. The minimum atomic E-state index is -0.509. The molecule has 1 amide bonds. The summed E-state index contributed by atoms with van der Waals surface area (Å²) < 4.78 is 18.1. The second kappa shape index (κ2) is 9.02. The van der Waals surface area contributed by atoms with Crippen LogP contribution in [0.25, 0.3) is 5.69 Å². The van der Waals surface area contributed by atoms with E-state index in [2.05, 4.69) is 15.4 Å². The third kappa shape index (κ3) is 3.85. The second-order valence-electron chi connectivity index (χ2n) is 6.90. The first-order valence-electron chi connectivity index (χ1n) is 9.84. The van der Waals surface area contributed by atoms with E-state index in [1.807, 2.05) is 6.92 Å². The zero-order valence-electron chi connectivity index (χ0n) is 17.4. The van der Waals surface area contributed by atoms with Crippen molar-refractivity contribution < 1.29 is 24.2 Å². The largest absolute Gasteiger partial charge is 0.870 e. The van der Waals surface area contributed by atoms with Crippen LogP contribution in [0.1, 0.15) is 37.2 Å². The molecular weight excluding hydrogens is 419 g/mol. The van der Waals surface area contributed by atoms with E-state index in [0.29, 0.717) is 29.3 Å². The van der Waals surface area contributed by atoms with Gasteiger partial charge < -0.3 is 5.48 Å². The molecule has 2 N–H and O–H groups in total. The maximum atomic E-state index is 14.7. The summed E-state index contributed by atoms with van der Waals surface area (Å²) in [5.74, 6) is 0.240.